The second kappa shape index (κ2) is 3.68. The molecule has 0 aliphatic carbocycles. The number of hydrogen-bond acceptors (Lipinski definition) is 4. The molecule has 0 radical (unpaired) electrons. The van der Waals surface area contributed by atoms with Crippen molar-refractivity contribution in [3.8, 4) is 11.8 Å². The van der Waals surface area contributed by atoms with Crippen LogP contribution in [0.4, 0.5) is 0 Å². The van der Waals surface area contributed by atoms with Gasteiger partial charge in [-0.1, -0.05) is 18.2 Å². The summed E-state index contributed by atoms with van der Waals surface area (Å²) in [6, 6.07) is 11.6. The van der Waals surface area contributed by atoms with Gasteiger partial charge in [0.25, 0.3) is 0 Å². The Kier molecular flexibility index (Phi) is 2.06. The van der Waals surface area contributed by atoms with Crippen LogP contribution < -0.4 is 0 Å². The van der Waals surface area contributed by atoms with Gasteiger partial charge in [0.15, 0.2) is 5.65 Å². The van der Waals surface area contributed by atoms with Crippen LogP contribution in [0.15, 0.2) is 42.7 Å². The van der Waals surface area contributed by atoms with Crippen LogP contribution in [0.5, 0.6) is 0 Å². The molecule has 5 heteroatoms. The number of fused-ring (bicyclic) bond motifs is 1. The van der Waals surface area contributed by atoms with E-state index in [-0.39, 0.29) is 5.82 Å². The first-order valence-corrected chi connectivity index (χ1v) is 5.05. The molecule has 0 aliphatic rings. The first kappa shape index (κ1) is 9.48. The van der Waals surface area contributed by atoms with E-state index in [4.69, 9.17) is 5.26 Å². The molecule has 0 spiro atoms. The summed E-state index contributed by atoms with van der Waals surface area (Å²) in [5.74, 6) is 0.148. The number of benzene rings is 1. The molecule has 0 amide bonds. The van der Waals surface area contributed by atoms with Gasteiger partial charge in [-0.25, -0.2) is 9.67 Å². The van der Waals surface area contributed by atoms with Gasteiger partial charge in [-0.3, -0.25) is 0 Å². The Morgan fingerprint density at radius 2 is 1.94 bits per heavy atom. The molecular weight excluding hydrogens is 214 g/mol. The zero-order valence-corrected chi connectivity index (χ0v) is 8.78. The Morgan fingerprint density at radius 3 is 2.71 bits per heavy atom. The normalized spacial score (nSPS) is 10.3. The molecule has 1 aromatic carbocycles. The van der Waals surface area contributed by atoms with Crippen LogP contribution in [0.2, 0.25) is 0 Å². The predicted molar refractivity (Wildman–Crippen MR) is 61.4 cm³/mol. The highest BCUT2D eigenvalue weighted by Gasteiger charge is 2.07. The van der Waals surface area contributed by atoms with Crippen molar-refractivity contribution >= 4 is 11.0 Å². The second-order valence-electron chi connectivity index (χ2n) is 3.48. The molecule has 80 valence electrons. The van der Waals surface area contributed by atoms with Crippen molar-refractivity contribution in [3.63, 3.8) is 0 Å². The van der Waals surface area contributed by atoms with Crippen molar-refractivity contribution in [2.75, 3.05) is 0 Å². The molecule has 17 heavy (non-hydrogen) atoms. The van der Waals surface area contributed by atoms with E-state index in [0.29, 0.717) is 5.65 Å². The summed E-state index contributed by atoms with van der Waals surface area (Å²) in [6.45, 7) is 0. The maximum atomic E-state index is 8.79. The van der Waals surface area contributed by atoms with E-state index in [1.54, 1.807) is 17.1 Å². The Labute approximate surface area is 97.0 Å². The van der Waals surface area contributed by atoms with Crippen molar-refractivity contribution in [2.24, 2.45) is 0 Å². The summed E-state index contributed by atoms with van der Waals surface area (Å²) in [5, 5.41) is 13.8. The highest BCUT2D eigenvalue weighted by atomic mass is 15.3. The van der Waals surface area contributed by atoms with Gasteiger partial charge >= 0.3 is 0 Å². The lowest BCUT2D eigenvalue weighted by atomic mass is 10.3. The van der Waals surface area contributed by atoms with E-state index in [1.807, 2.05) is 36.4 Å². The summed E-state index contributed by atoms with van der Waals surface area (Å²) in [7, 11) is 0. The van der Waals surface area contributed by atoms with Crippen LogP contribution in [0, 0.1) is 11.3 Å². The maximum absolute atomic E-state index is 8.79. The minimum atomic E-state index is 0.148. The zero-order chi connectivity index (χ0) is 11.7. The van der Waals surface area contributed by atoms with Gasteiger partial charge < -0.3 is 0 Å². The van der Waals surface area contributed by atoms with Crippen LogP contribution in [0.1, 0.15) is 5.82 Å². The minimum absolute atomic E-state index is 0.148. The smallest absolute Gasteiger partial charge is 0.227 e. The number of nitriles is 1. The van der Waals surface area contributed by atoms with Crippen LogP contribution in [-0.4, -0.2) is 19.7 Å². The summed E-state index contributed by atoms with van der Waals surface area (Å²) < 4.78 is 1.69. The van der Waals surface area contributed by atoms with E-state index < -0.39 is 0 Å². The highest BCUT2D eigenvalue weighted by molar-refractivity contribution is 5.75. The van der Waals surface area contributed by atoms with Crippen LogP contribution >= 0.6 is 0 Å². The number of aromatic nitrogens is 4. The second-order valence-corrected chi connectivity index (χ2v) is 3.48. The van der Waals surface area contributed by atoms with Crippen LogP contribution in [0.25, 0.3) is 16.7 Å². The fraction of sp³-hybridized carbons (Fsp3) is 0. The third-order valence-electron chi connectivity index (χ3n) is 2.41. The highest BCUT2D eigenvalue weighted by Crippen LogP contribution is 2.15. The summed E-state index contributed by atoms with van der Waals surface area (Å²) in [4.78, 5) is 8.07. The number of para-hydroxylation sites is 1. The molecule has 0 fully saturated rings. The molecule has 2 heterocycles. The van der Waals surface area contributed by atoms with E-state index in [9.17, 15) is 0 Å². The summed E-state index contributed by atoms with van der Waals surface area (Å²) >= 11 is 0. The van der Waals surface area contributed by atoms with E-state index >= 15 is 0 Å². The molecule has 0 saturated heterocycles. The summed E-state index contributed by atoms with van der Waals surface area (Å²) in [5.41, 5.74) is 1.55. The van der Waals surface area contributed by atoms with Crippen LogP contribution in [0.3, 0.4) is 0 Å². The van der Waals surface area contributed by atoms with Gasteiger partial charge in [0.1, 0.15) is 6.07 Å². The molecule has 5 nitrogen and oxygen atoms in total. The fourth-order valence-corrected chi connectivity index (χ4v) is 1.63. The number of rotatable bonds is 1. The monoisotopic (exact) mass is 221 g/mol. The molecule has 2 aromatic heterocycles. The Hall–Kier alpha value is -2.74. The molecule has 3 aromatic rings. The fourth-order valence-electron chi connectivity index (χ4n) is 1.63. The quantitative estimate of drug-likeness (QED) is 0.627. The Balaban J connectivity index is 2.28. The van der Waals surface area contributed by atoms with Crippen molar-refractivity contribution in [1.29, 1.82) is 5.26 Å². The minimum Gasteiger partial charge on any atom is -0.227 e. The standard InChI is InChI=1S/C12H7N5/c13-6-11-14-7-9-8-15-17(12(9)16-11)10-4-2-1-3-5-10/h1-5,7-8H. The Morgan fingerprint density at radius 1 is 1.12 bits per heavy atom. The molecule has 0 bridgehead atoms. The van der Waals surface area contributed by atoms with E-state index in [2.05, 4.69) is 15.1 Å². The van der Waals surface area contributed by atoms with Gasteiger partial charge in [-0.2, -0.15) is 15.3 Å². The summed E-state index contributed by atoms with van der Waals surface area (Å²) in [6.07, 6.45) is 3.29. The van der Waals surface area contributed by atoms with Crippen molar-refractivity contribution < 1.29 is 0 Å². The van der Waals surface area contributed by atoms with Gasteiger partial charge in [0.05, 0.1) is 17.3 Å². The predicted octanol–water partition coefficient (Wildman–Crippen LogP) is 1.69. The molecule has 3 rings (SSSR count). The lowest BCUT2D eigenvalue weighted by molar-refractivity contribution is 0.893. The van der Waals surface area contributed by atoms with Gasteiger partial charge in [0, 0.05) is 6.20 Å². The molecule has 0 unspecified atom stereocenters. The molecule has 0 N–H and O–H groups in total. The first-order valence-electron chi connectivity index (χ1n) is 5.05. The van der Waals surface area contributed by atoms with Crippen molar-refractivity contribution in [1.82, 2.24) is 19.7 Å². The molecule has 0 aliphatic heterocycles. The van der Waals surface area contributed by atoms with Gasteiger partial charge in [-0.15, -0.1) is 0 Å². The number of nitrogens with zero attached hydrogens (tertiary/aromatic N) is 5. The average molecular weight is 221 g/mol. The van der Waals surface area contributed by atoms with Crippen molar-refractivity contribution in [3.05, 3.63) is 48.5 Å². The third kappa shape index (κ3) is 1.52. The zero-order valence-electron chi connectivity index (χ0n) is 8.78. The first-order chi connectivity index (χ1) is 8.38. The maximum Gasteiger partial charge on any atom is 0.234 e. The van der Waals surface area contributed by atoms with Crippen LogP contribution in [-0.2, 0) is 0 Å². The van der Waals surface area contributed by atoms with E-state index in [1.165, 1.54) is 0 Å². The van der Waals surface area contributed by atoms with Gasteiger partial charge in [-0.05, 0) is 12.1 Å². The lowest BCUT2D eigenvalue weighted by Gasteiger charge is -2.01. The Bertz CT molecular complexity index is 709. The third-order valence-corrected chi connectivity index (χ3v) is 2.41. The largest absolute Gasteiger partial charge is 0.234 e. The van der Waals surface area contributed by atoms with E-state index in [0.717, 1.165) is 11.1 Å². The molecular formula is C12H7N5. The molecule has 0 saturated carbocycles. The van der Waals surface area contributed by atoms with Crippen molar-refractivity contribution in [2.45, 2.75) is 0 Å². The van der Waals surface area contributed by atoms with Gasteiger partial charge in [0.2, 0.25) is 5.82 Å². The topological polar surface area (TPSA) is 67.4 Å². The number of hydrogen-bond donors (Lipinski definition) is 0. The SMILES string of the molecule is N#Cc1ncc2cnn(-c3ccccc3)c2n1. The molecule has 0 atom stereocenters. The average Bonchev–Trinajstić information content (AvgIpc) is 2.82. The lowest BCUT2D eigenvalue weighted by Crippen LogP contribution is -1.98.